The molecule has 0 atom stereocenters. The van der Waals surface area contributed by atoms with Crippen LogP contribution in [0.15, 0.2) is 16.0 Å². The van der Waals surface area contributed by atoms with Crippen molar-refractivity contribution in [3.05, 3.63) is 27.9 Å². The third-order valence-electron chi connectivity index (χ3n) is 2.79. The summed E-state index contributed by atoms with van der Waals surface area (Å²) < 4.78 is 0. The Kier molecular flexibility index (Phi) is 6.15. The number of hydrogen-bond donors (Lipinski definition) is 4. The molecule has 0 aliphatic rings. The molecule has 0 bridgehead atoms. The molecule has 0 fully saturated rings. The van der Waals surface area contributed by atoms with E-state index in [2.05, 4.69) is 35.8 Å². The van der Waals surface area contributed by atoms with E-state index in [1.165, 1.54) is 17.8 Å². The number of rotatable bonds is 8. The SMILES string of the molecule is CCc1nc(SCC(=O)NCCNc2nc(C)cc(=O)[nH]2)n[nH]1. The van der Waals surface area contributed by atoms with Crippen LogP contribution in [-0.4, -0.2) is 49.9 Å². The van der Waals surface area contributed by atoms with Crippen molar-refractivity contribution in [2.45, 2.75) is 25.4 Å². The van der Waals surface area contributed by atoms with Gasteiger partial charge in [0.2, 0.25) is 17.0 Å². The van der Waals surface area contributed by atoms with Crippen molar-refractivity contribution in [2.24, 2.45) is 0 Å². The molecule has 4 N–H and O–H groups in total. The van der Waals surface area contributed by atoms with E-state index in [9.17, 15) is 9.59 Å². The summed E-state index contributed by atoms with van der Waals surface area (Å²) in [7, 11) is 0. The Morgan fingerprint density at radius 2 is 2.17 bits per heavy atom. The van der Waals surface area contributed by atoms with Crippen LogP contribution in [0.3, 0.4) is 0 Å². The number of carbonyl (C=O) groups is 1. The lowest BCUT2D eigenvalue weighted by Gasteiger charge is -2.07. The van der Waals surface area contributed by atoms with Gasteiger partial charge in [-0.1, -0.05) is 18.7 Å². The summed E-state index contributed by atoms with van der Waals surface area (Å²) in [6.45, 7) is 4.60. The van der Waals surface area contributed by atoms with Crippen molar-refractivity contribution in [1.82, 2.24) is 30.5 Å². The maximum absolute atomic E-state index is 11.7. The Morgan fingerprint density at radius 1 is 1.35 bits per heavy atom. The third-order valence-corrected chi connectivity index (χ3v) is 3.64. The molecule has 0 aliphatic heterocycles. The van der Waals surface area contributed by atoms with Gasteiger partial charge in [0.1, 0.15) is 5.82 Å². The first kappa shape index (κ1) is 17.0. The average Bonchev–Trinajstić information content (AvgIpc) is 2.97. The molecule has 0 aromatic carbocycles. The molecule has 2 heterocycles. The van der Waals surface area contributed by atoms with Crippen LogP contribution in [0.2, 0.25) is 0 Å². The van der Waals surface area contributed by atoms with Crippen molar-refractivity contribution < 1.29 is 4.79 Å². The molecular weight excluding hydrogens is 318 g/mol. The van der Waals surface area contributed by atoms with Gasteiger partial charge in [0.05, 0.1) is 5.75 Å². The van der Waals surface area contributed by atoms with E-state index in [1.54, 1.807) is 6.92 Å². The fourth-order valence-corrected chi connectivity index (χ4v) is 2.37. The van der Waals surface area contributed by atoms with Crippen LogP contribution in [0.5, 0.6) is 0 Å². The molecule has 0 radical (unpaired) electrons. The summed E-state index contributed by atoms with van der Waals surface area (Å²) in [5, 5.41) is 13.1. The second-order valence-corrected chi connectivity index (χ2v) is 5.66. The summed E-state index contributed by atoms with van der Waals surface area (Å²) in [6.07, 6.45) is 0.778. The zero-order valence-electron chi connectivity index (χ0n) is 13.0. The minimum atomic E-state index is -0.210. The molecule has 0 saturated heterocycles. The highest BCUT2D eigenvalue weighted by atomic mass is 32.2. The number of carbonyl (C=O) groups excluding carboxylic acids is 1. The molecule has 23 heavy (non-hydrogen) atoms. The quantitative estimate of drug-likeness (QED) is 0.396. The third kappa shape index (κ3) is 5.74. The van der Waals surface area contributed by atoms with E-state index < -0.39 is 0 Å². The number of thioether (sulfide) groups is 1. The van der Waals surface area contributed by atoms with E-state index >= 15 is 0 Å². The number of aromatic nitrogens is 5. The minimum Gasteiger partial charge on any atom is -0.354 e. The van der Waals surface area contributed by atoms with Crippen LogP contribution in [0, 0.1) is 6.92 Å². The van der Waals surface area contributed by atoms with Crippen molar-refractivity contribution >= 4 is 23.6 Å². The highest BCUT2D eigenvalue weighted by Gasteiger charge is 2.06. The number of nitrogens with zero attached hydrogens (tertiary/aromatic N) is 3. The van der Waals surface area contributed by atoms with Crippen LogP contribution in [0.4, 0.5) is 5.95 Å². The molecule has 9 nitrogen and oxygen atoms in total. The molecule has 0 unspecified atom stereocenters. The zero-order chi connectivity index (χ0) is 16.7. The molecule has 2 rings (SSSR count). The summed E-state index contributed by atoms with van der Waals surface area (Å²) in [4.78, 5) is 33.9. The number of aromatic amines is 2. The lowest BCUT2D eigenvalue weighted by molar-refractivity contribution is -0.118. The average molecular weight is 337 g/mol. The van der Waals surface area contributed by atoms with Gasteiger partial charge >= 0.3 is 0 Å². The van der Waals surface area contributed by atoms with Gasteiger partial charge in [-0.2, -0.15) is 0 Å². The maximum atomic E-state index is 11.7. The minimum absolute atomic E-state index is 0.106. The van der Waals surface area contributed by atoms with Crippen LogP contribution < -0.4 is 16.2 Å². The summed E-state index contributed by atoms with van der Waals surface area (Å²) >= 11 is 1.28. The molecule has 1 amide bonds. The maximum Gasteiger partial charge on any atom is 0.252 e. The topological polar surface area (TPSA) is 128 Å². The number of H-pyrrole nitrogens is 2. The van der Waals surface area contributed by atoms with Gasteiger partial charge in [-0.3, -0.25) is 19.7 Å². The first-order valence-electron chi connectivity index (χ1n) is 7.19. The van der Waals surface area contributed by atoms with E-state index in [-0.39, 0.29) is 17.2 Å². The van der Waals surface area contributed by atoms with Crippen molar-refractivity contribution in [1.29, 1.82) is 0 Å². The molecule has 0 aliphatic carbocycles. The predicted molar refractivity (Wildman–Crippen MR) is 87.6 cm³/mol. The van der Waals surface area contributed by atoms with E-state index in [0.717, 1.165) is 12.2 Å². The predicted octanol–water partition coefficient (Wildman–Crippen LogP) is 0.0792. The molecular formula is C13H19N7O2S. The number of anilines is 1. The Balaban J connectivity index is 1.65. The van der Waals surface area contributed by atoms with Crippen molar-refractivity contribution in [2.75, 3.05) is 24.2 Å². The first-order valence-corrected chi connectivity index (χ1v) is 8.18. The van der Waals surface area contributed by atoms with Gasteiger partial charge in [-0.05, 0) is 6.92 Å². The monoisotopic (exact) mass is 337 g/mol. The summed E-state index contributed by atoms with van der Waals surface area (Å²) in [6, 6.07) is 1.41. The lowest BCUT2D eigenvalue weighted by Crippen LogP contribution is -2.30. The fraction of sp³-hybridized carbons (Fsp3) is 0.462. The summed E-state index contributed by atoms with van der Waals surface area (Å²) in [5.41, 5.74) is 0.424. The first-order chi connectivity index (χ1) is 11.1. The number of aryl methyl sites for hydroxylation is 2. The molecule has 2 aromatic heterocycles. The lowest BCUT2D eigenvalue weighted by atomic mass is 10.4. The molecule has 0 spiro atoms. The van der Waals surface area contributed by atoms with Gasteiger partial charge in [0, 0.05) is 31.3 Å². The smallest absolute Gasteiger partial charge is 0.252 e. The standard InChI is InChI=1S/C13H19N7O2S/c1-3-9-17-13(20-19-9)23-7-11(22)14-4-5-15-12-16-8(2)6-10(21)18-12/h6H,3-5,7H2,1-2H3,(H,14,22)(H,17,19,20)(H2,15,16,18,21). The van der Waals surface area contributed by atoms with Crippen LogP contribution >= 0.6 is 11.8 Å². The largest absolute Gasteiger partial charge is 0.354 e. The normalized spacial score (nSPS) is 10.5. The highest BCUT2D eigenvalue weighted by molar-refractivity contribution is 7.99. The van der Waals surface area contributed by atoms with E-state index in [0.29, 0.717) is 29.9 Å². The van der Waals surface area contributed by atoms with Crippen LogP contribution in [0.25, 0.3) is 0 Å². The van der Waals surface area contributed by atoms with Crippen molar-refractivity contribution in [3.63, 3.8) is 0 Å². The van der Waals surface area contributed by atoms with Gasteiger partial charge < -0.3 is 10.6 Å². The Hall–Kier alpha value is -2.36. The highest BCUT2D eigenvalue weighted by Crippen LogP contribution is 2.11. The number of nitrogens with one attached hydrogen (secondary N) is 4. The van der Waals surface area contributed by atoms with Crippen molar-refractivity contribution in [3.8, 4) is 0 Å². The van der Waals surface area contributed by atoms with Crippen LogP contribution in [0.1, 0.15) is 18.4 Å². The summed E-state index contributed by atoms with van der Waals surface area (Å²) in [5.74, 6) is 1.34. The fourth-order valence-electron chi connectivity index (χ4n) is 1.73. The van der Waals surface area contributed by atoms with Gasteiger partial charge in [-0.25, -0.2) is 9.97 Å². The van der Waals surface area contributed by atoms with Gasteiger partial charge in [0.25, 0.3) is 5.56 Å². The number of amides is 1. The molecule has 0 saturated carbocycles. The Labute approximate surface area is 137 Å². The second kappa shape index (κ2) is 8.32. The second-order valence-electron chi connectivity index (χ2n) is 4.72. The van der Waals surface area contributed by atoms with Gasteiger partial charge in [0.15, 0.2) is 0 Å². The van der Waals surface area contributed by atoms with Crippen LogP contribution in [-0.2, 0) is 11.2 Å². The number of hydrogen-bond acceptors (Lipinski definition) is 7. The van der Waals surface area contributed by atoms with E-state index in [1.807, 2.05) is 6.92 Å². The Morgan fingerprint density at radius 3 is 2.87 bits per heavy atom. The molecule has 124 valence electrons. The van der Waals surface area contributed by atoms with Gasteiger partial charge in [-0.15, -0.1) is 5.10 Å². The Bertz CT molecular complexity index is 712. The molecule has 10 heteroatoms. The zero-order valence-corrected chi connectivity index (χ0v) is 13.8. The van der Waals surface area contributed by atoms with E-state index in [4.69, 9.17) is 0 Å². The molecule has 2 aromatic rings.